The summed E-state index contributed by atoms with van der Waals surface area (Å²) < 4.78 is 36.5. The number of hydrogen-bond donors (Lipinski definition) is 0. The van der Waals surface area contributed by atoms with Crippen LogP contribution in [0.5, 0.6) is 11.5 Å². The van der Waals surface area contributed by atoms with Crippen LogP contribution in [-0.2, 0) is 11.2 Å². The molecule has 1 fully saturated rings. The second-order valence-electron chi connectivity index (χ2n) is 9.92. The molecule has 6 nitrogen and oxygen atoms in total. The van der Waals surface area contributed by atoms with Crippen LogP contribution in [0.2, 0.25) is 0 Å². The molecule has 182 valence electrons. The van der Waals surface area contributed by atoms with E-state index < -0.39 is 0 Å². The predicted molar refractivity (Wildman–Crippen MR) is 128 cm³/mol. The van der Waals surface area contributed by atoms with Gasteiger partial charge in [0.1, 0.15) is 29.5 Å². The molecule has 0 amide bonds. The fraction of sp³-hybridized carbons (Fsp3) is 0.519. The van der Waals surface area contributed by atoms with Crippen molar-refractivity contribution in [1.29, 1.82) is 0 Å². The Morgan fingerprint density at radius 1 is 1.09 bits per heavy atom. The first-order valence-corrected chi connectivity index (χ1v) is 12.3. The lowest BCUT2D eigenvalue weighted by molar-refractivity contribution is 0.0718. The highest BCUT2D eigenvalue weighted by Gasteiger charge is 2.27. The van der Waals surface area contributed by atoms with Crippen molar-refractivity contribution in [1.82, 2.24) is 10.1 Å². The van der Waals surface area contributed by atoms with Crippen LogP contribution in [0.4, 0.5) is 4.39 Å². The molecule has 0 N–H and O–H groups in total. The van der Waals surface area contributed by atoms with Crippen LogP contribution < -0.4 is 9.47 Å². The lowest BCUT2D eigenvalue weighted by Gasteiger charge is -2.32. The molecular formula is C27H33FN2O4. The highest BCUT2D eigenvalue weighted by atomic mass is 19.1. The number of piperidine rings is 1. The molecule has 2 aliphatic heterocycles. The number of aromatic nitrogens is 1. The minimum atomic E-state index is -0.295. The Bertz CT molecular complexity index is 1120. The van der Waals surface area contributed by atoms with E-state index in [9.17, 15) is 4.39 Å². The molecule has 34 heavy (non-hydrogen) atoms. The van der Waals surface area contributed by atoms with E-state index in [4.69, 9.17) is 18.7 Å². The van der Waals surface area contributed by atoms with Gasteiger partial charge in [0.05, 0.1) is 18.9 Å². The molecule has 0 atom stereocenters. The first-order valence-electron chi connectivity index (χ1n) is 12.3. The Morgan fingerprint density at radius 2 is 1.94 bits per heavy atom. The highest BCUT2D eigenvalue weighted by Crippen LogP contribution is 2.35. The van der Waals surface area contributed by atoms with Crippen molar-refractivity contribution in [3.63, 3.8) is 0 Å². The Kier molecular flexibility index (Phi) is 6.75. The molecule has 5 rings (SSSR count). The van der Waals surface area contributed by atoms with E-state index in [2.05, 4.69) is 30.0 Å². The van der Waals surface area contributed by atoms with Gasteiger partial charge < -0.3 is 23.6 Å². The molecule has 1 saturated heterocycles. The predicted octanol–water partition coefficient (Wildman–Crippen LogP) is 5.35. The van der Waals surface area contributed by atoms with E-state index in [1.165, 1.54) is 17.7 Å². The van der Waals surface area contributed by atoms with Crippen molar-refractivity contribution in [2.24, 2.45) is 0 Å². The summed E-state index contributed by atoms with van der Waals surface area (Å²) in [5, 5.41) is 5.16. The standard InChI is InChI=1S/C27H33FN2O4/c1-27(2)10-7-19-3-5-22(18-24(19)33-27)32-16-15-31-14-13-30-11-8-20(9-12-30)26-23-6-4-21(28)17-25(23)34-29-26/h3-6,17-18,20H,7-16H2,1-2H3. The molecule has 0 saturated carbocycles. The zero-order chi connectivity index (χ0) is 23.5. The lowest BCUT2D eigenvalue weighted by atomic mass is 9.91. The number of aryl methyl sites for hydroxylation is 1. The molecule has 0 aliphatic carbocycles. The average molecular weight is 469 g/mol. The first kappa shape index (κ1) is 23.1. The van der Waals surface area contributed by atoms with Gasteiger partial charge in [0.25, 0.3) is 0 Å². The molecule has 0 bridgehead atoms. The van der Waals surface area contributed by atoms with Gasteiger partial charge in [-0.15, -0.1) is 0 Å². The van der Waals surface area contributed by atoms with Gasteiger partial charge in [-0.25, -0.2) is 4.39 Å². The Morgan fingerprint density at radius 3 is 2.79 bits per heavy atom. The maximum Gasteiger partial charge on any atom is 0.170 e. The molecule has 0 spiro atoms. The summed E-state index contributed by atoms with van der Waals surface area (Å²) in [6, 6.07) is 10.8. The van der Waals surface area contributed by atoms with Crippen LogP contribution in [0, 0.1) is 5.82 Å². The number of likely N-dealkylation sites (tertiary alicyclic amines) is 1. The van der Waals surface area contributed by atoms with Crippen LogP contribution >= 0.6 is 0 Å². The zero-order valence-corrected chi connectivity index (χ0v) is 20.0. The number of ether oxygens (including phenoxy) is 3. The number of nitrogens with zero attached hydrogens (tertiary/aromatic N) is 2. The van der Waals surface area contributed by atoms with Crippen LogP contribution in [0.3, 0.4) is 0 Å². The normalized spacial score (nSPS) is 18.6. The largest absolute Gasteiger partial charge is 0.491 e. The van der Waals surface area contributed by atoms with E-state index in [1.807, 2.05) is 12.1 Å². The van der Waals surface area contributed by atoms with Crippen LogP contribution in [0.25, 0.3) is 11.0 Å². The fourth-order valence-corrected chi connectivity index (χ4v) is 4.88. The lowest BCUT2D eigenvalue weighted by Crippen LogP contribution is -2.35. The summed E-state index contributed by atoms with van der Waals surface area (Å²) >= 11 is 0. The van der Waals surface area contributed by atoms with Gasteiger partial charge in [-0.3, -0.25) is 0 Å². The second kappa shape index (κ2) is 9.92. The van der Waals surface area contributed by atoms with Crippen molar-refractivity contribution >= 4 is 11.0 Å². The summed E-state index contributed by atoms with van der Waals surface area (Å²) in [6.07, 6.45) is 4.10. The number of benzene rings is 2. The smallest absolute Gasteiger partial charge is 0.170 e. The Hall–Kier alpha value is -2.64. The van der Waals surface area contributed by atoms with Gasteiger partial charge in [-0.1, -0.05) is 11.2 Å². The van der Waals surface area contributed by atoms with E-state index in [-0.39, 0.29) is 11.4 Å². The number of hydrogen-bond acceptors (Lipinski definition) is 6. The SMILES string of the molecule is CC1(C)CCc2ccc(OCCOCCN3CCC(c4noc5cc(F)ccc45)CC3)cc2O1. The van der Waals surface area contributed by atoms with Gasteiger partial charge in [-0.05, 0) is 76.4 Å². The van der Waals surface area contributed by atoms with Crippen molar-refractivity contribution < 1.29 is 23.1 Å². The molecule has 3 aromatic rings. The van der Waals surface area contributed by atoms with E-state index >= 15 is 0 Å². The average Bonchev–Trinajstić information content (AvgIpc) is 3.24. The third-order valence-electron chi connectivity index (χ3n) is 6.91. The Balaban J connectivity index is 0.998. The van der Waals surface area contributed by atoms with Gasteiger partial charge in [0, 0.05) is 30.0 Å². The van der Waals surface area contributed by atoms with Crippen LogP contribution in [-0.4, -0.2) is 55.1 Å². The minimum absolute atomic E-state index is 0.120. The van der Waals surface area contributed by atoms with E-state index in [0.29, 0.717) is 31.3 Å². The van der Waals surface area contributed by atoms with E-state index in [1.54, 1.807) is 6.07 Å². The highest BCUT2D eigenvalue weighted by molar-refractivity contribution is 5.79. The zero-order valence-electron chi connectivity index (χ0n) is 20.0. The van der Waals surface area contributed by atoms with Crippen molar-refractivity contribution in [2.75, 3.05) is 39.5 Å². The van der Waals surface area contributed by atoms with Crippen molar-refractivity contribution in [3.8, 4) is 11.5 Å². The summed E-state index contributed by atoms with van der Waals surface area (Å²) in [5.74, 6) is 1.81. The van der Waals surface area contributed by atoms with Crippen LogP contribution in [0.15, 0.2) is 40.9 Å². The monoisotopic (exact) mass is 468 g/mol. The third kappa shape index (κ3) is 5.36. The third-order valence-corrected chi connectivity index (χ3v) is 6.91. The molecule has 2 aliphatic rings. The van der Waals surface area contributed by atoms with Gasteiger partial charge in [0.2, 0.25) is 0 Å². The quantitative estimate of drug-likeness (QED) is 0.416. The number of fused-ring (bicyclic) bond motifs is 2. The Labute approximate surface area is 199 Å². The second-order valence-corrected chi connectivity index (χ2v) is 9.92. The fourth-order valence-electron chi connectivity index (χ4n) is 4.88. The number of rotatable bonds is 8. The first-order chi connectivity index (χ1) is 16.5. The molecule has 7 heteroatoms. The van der Waals surface area contributed by atoms with Crippen molar-refractivity contribution in [2.45, 2.75) is 51.0 Å². The van der Waals surface area contributed by atoms with E-state index in [0.717, 1.165) is 67.9 Å². The van der Waals surface area contributed by atoms with Gasteiger partial charge in [0.15, 0.2) is 5.58 Å². The molecular weight excluding hydrogens is 435 g/mol. The molecule has 0 unspecified atom stereocenters. The van der Waals surface area contributed by atoms with Gasteiger partial charge in [-0.2, -0.15) is 0 Å². The maximum absolute atomic E-state index is 13.4. The summed E-state index contributed by atoms with van der Waals surface area (Å²) in [4.78, 5) is 2.42. The topological polar surface area (TPSA) is 57.0 Å². The summed E-state index contributed by atoms with van der Waals surface area (Å²) in [6.45, 7) is 8.89. The maximum atomic E-state index is 13.4. The van der Waals surface area contributed by atoms with Crippen molar-refractivity contribution in [3.05, 3.63) is 53.5 Å². The minimum Gasteiger partial charge on any atom is -0.491 e. The number of halogens is 1. The summed E-state index contributed by atoms with van der Waals surface area (Å²) in [7, 11) is 0. The molecule has 0 radical (unpaired) electrons. The molecule has 3 heterocycles. The molecule has 2 aromatic carbocycles. The summed E-state index contributed by atoms with van der Waals surface area (Å²) in [5.41, 5.74) is 2.61. The van der Waals surface area contributed by atoms with Gasteiger partial charge >= 0.3 is 0 Å². The van der Waals surface area contributed by atoms with Crippen LogP contribution in [0.1, 0.15) is 50.3 Å². The molecule has 1 aromatic heterocycles.